The van der Waals surface area contributed by atoms with Crippen LogP contribution >= 0.6 is 15.9 Å². The predicted octanol–water partition coefficient (Wildman–Crippen LogP) is 2.08. The minimum atomic E-state index is -0.391. The van der Waals surface area contributed by atoms with E-state index in [-0.39, 0.29) is 11.8 Å². The number of hydrogen-bond acceptors (Lipinski definition) is 2. The molecule has 1 aromatic rings. The zero-order valence-electron chi connectivity index (χ0n) is 10.9. The van der Waals surface area contributed by atoms with Crippen molar-refractivity contribution < 1.29 is 9.59 Å². The summed E-state index contributed by atoms with van der Waals surface area (Å²) in [5, 5.41) is 2.77. The van der Waals surface area contributed by atoms with E-state index < -0.39 is 6.04 Å². The highest BCUT2D eigenvalue weighted by Gasteiger charge is 2.28. The zero-order valence-corrected chi connectivity index (χ0v) is 12.4. The molecule has 1 unspecified atom stereocenters. The van der Waals surface area contributed by atoms with Crippen LogP contribution in [-0.2, 0) is 16.1 Å². The number of nitrogens with zero attached hydrogens (tertiary/aromatic N) is 1. The summed E-state index contributed by atoms with van der Waals surface area (Å²) in [4.78, 5) is 25.7. The molecule has 1 aliphatic heterocycles. The number of carbonyl (C=O) groups excluding carboxylic acids is 2. The maximum atomic E-state index is 12.3. The van der Waals surface area contributed by atoms with Crippen molar-refractivity contribution in [1.29, 1.82) is 0 Å². The third kappa shape index (κ3) is 3.35. The molecule has 4 nitrogen and oxygen atoms in total. The van der Waals surface area contributed by atoms with Crippen molar-refractivity contribution in [2.24, 2.45) is 0 Å². The number of hydrogen-bond donors (Lipinski definition) is 1. The Morgan fingerprint density at radius 2 is 2.11 bits per heavy atom. The van der Waals surface area contributed by atoms with Crippen LogP contribution in [-0.4, -0.2) is 29.3 Å². The van der Waals surface area contributed by atoms with Crippen LogP contribution in [0.25, 0.3) is 0 Å². The Labute approximate surface area is 121 Å². The lowest BCUT2D eigenvalue weighted by atomic mass is 10.1. The van der Waals surface area contributed by atoms with Gasteiger partial charge in [0.15, 0.2) is 0 Å². The number of nitrogens with one attached hydrogen (secondary N) is 1. The summed E-state index contributed by atoms with van der Waals surface area (Å²) in [6.45, 7) is 2.92. The Kier molecular flexibility index (Phi) is 4.58. The van der Waals surface area contributed by atoms with Crippen LogP contribution in [0, 0.1) is 0 Å². The molecule has 102 valence electrons. The highest BCUT2D eigenvalue weighted by molar-refractivity contribution is 9.10. The third-order valence-corrected chi connectivity index (χ3v) is 4.05. The highest BCUT2D eigenvalue weighted by Crippen LogP contribution is 2.19. The number of carbonyl (C=O) groups is 2. The molecule has 0 aromatic heterocycles. The molecule has 0 saturated carbocycles. The Morgan fingerprint density at radius 3 is 2.79 bits per heavy atom. The summed E-state index contributed by atoms with van der Waals surface area (Å²) in [7, 11) is 0. The van der Waals surface area contributed by atoms with E-state index in [1.165, 1.54) is 0 Å². The maximum Gasteiger partial charge on any atom is 0.245 e. The molecule has 2 rings (SSSR count). The van der Waals surface area contributed by atoms with Crippen LogP contribution in [0.1, 0.15) is 25.3 Å². The average molecular weight is 325 g/mol. The van der Waals surface area contributed by atoms with Crippen molar-refractivity contribution in [2.45, 2.75) is 32.4 Å². The van der Waals surface area contributed by atoms with Crippen molar-refractivity contribution in [1.82, 2.24) is 10.2 Å². The topological polar surface area (TPSA) is 49.4 Å². The smallest absolute Gasteiger partial charge is 0.245 e. The summed E-state index contributed by atoms with van der Waals surface area (Å²) < 4.78 is 0.986. The Balaban J connectivity index is 2.16. The van der Waals surface area contributed by atoms with Gasteiger partial charge in [0, 0.05) is 24.0 Å². The largest absolute Gasteiger partial charge is 0.344 e. The van der Waals surface area contributed by atoms with Crippen LogP contribution in [0.2, 0.25) is 0 Å². The van der Waals surface area contributed by atoms with Crippen molar-refractivity contribution in [3.8, 4) is 0 Å². The fourth-order valence-electron chi connectivity index (χ4n) is 2.16. The highest BCUT2D eigenvalue weighted by atomic mass is 79.9. The fourth-order valence-corrected chi connectivity index (χ4v) is 2.57. The van der Waals surface area contributed by atoms with Crippen molar-refractivity contribution in [3.05, 3.63) is 34.3 Å². The van der Waals surface area contributed by atoms with Crippen molar-refractivity contribution in [3.63, 3.8) is 0 Å². The summed E-state index contributed by atoms with van der Waals surface area (Å²) in [6.07, 6.45) is 0.990. The molecule has 0 bridgehead atoms. The molecular weight excluding hydrogens is 308 g/mol. The summed E-state index contributed by atoms with van der Waals surface area (Å²) in [5.74, 6) is -0.0427. The van der Waals surface area contributed by atoms with Crippen LogP contribution < -0.4 is 5.32 Å². The first-order chi connectivity index (χ1) is 9.11. The van der Waals surface area contributed by atoms with Gasteiger partial charge in [-0.25, -0.2) is 0 Å². The van der Waals surface area contributed by atoms with E-state index in [0.29, 0.717) is 25.9 Å². The summed E-state index contributed by atoms with van der Waals surface area (Å²) in [6, 6.07) is 7.44. The van der Waals surface area contributed by atoms with Crippen LogP contribution in [0.3, 0.4) is 0 Å². The number of halogens is 1. The quantitative estimate of drug-likeness (QED) is 0.925. The lowest BCUT2D eigenvalue weighted by Gasteiger charge is -2.24. The molecule has 1 atom stereocenters. The number of benzene rings is 1. The minimum absolute atomic E-state index is 0.00380. The van der Waals surface area contributed by atoms with Gasteiger partial charge in [-0.05, 0) is 18.1 Å². The van der Waals surface area contributed by atoms with Gasteiger partial charge in [0.2, 0.25) is 11.8 Å². The predicted molar refractivity (Wildman–Crippen MR) is 76.4 cm³/mol. The second-order valence-electron chi connectivity index (χ2n) is 4.63. The standard InChI is InChI=1S/C14H17BrN2O2/c1-2-12-14(19)17(8-7-13(18)16-12)9-10-5-3-4-6-11(10)15/h3-6,12H,2,7-9H2,1H3,(H,16,18). The van der Waals surface area contributed by atoms with E-state index in [4.69, 9.17) is 0 Å². The third-order valence-electron chi connectivity index (χ3n) is 3.28. The van der Waals surface area contributed by atoms with E-state index in [1.54, 1.807) is 4.90 Å². The van der Waals surface area contributed by atoms with Gasteiger partial charge in [-0.15, -0.1) is 0 Å². The monoisotopic (exact) mass is 324 g/mol. The van der Waals surface area contributed by atoms with Crippen molar-refractivity contribution in [2.75, 3.05) is 6.54 Å². The molecule has 5 heteroatoms. The summed E-state index contributed by atoms with van der Waals surface area (Å²) >= 11 is 3.49. The van der Waals surface area contributed by atoms with Gasteiger partial charge in [0.25, 0.3) is 0 Å². The lowest BCUT2D eigenvalue weighted by molar-refractivity contribution is -0.134. The van der Waals surface area contributed by atoms with Crippen LogP contribution in [0.15, 0.2) is 28.7 Å². The lowest BCUT2D eigenvalue weighted by Crippen LogP contribution is -2.43. The molecule has 1 fully saturated rings. The molecule has 1 heterocycles. The van der Waals surface area contributed by atoms with Gasteiger partial charge in [-0.2, -0.15) is 0 Å². The Morgan fingerprint density at radius 1 is 1.37 bits per heavy atom. The van der Waals surface area contributed by atoms with Crippen LogP contribution in [0.4, 0.5) is 0 Å². The van der Waals surface area contributed by atoms with Gasteiger partial charge in [-0.1, -0.05) is 41.1 Å². The SMILES string of the molecule is CCC1NC(=O)CCN(Cc2ccccc2Br)C1=O. The van der Waals surface area contributed by atoms with E-state index in [1.807, 2.05) is 31.2 Å². The molecular formula is C14H17BrN2O2. The van der Waals surface area contributed by atoms with E-state index in [9.17, 15) is 9.59 Å². The van der Waals surface area contributed by atoms with Crippen molar-refractivity contribution >= 4 is 27.7 Å². The van der Waals surface area contributed by atoms with Gasteiger partial charge in [0.1, 0.15) is 6.04 Å². The molecule has 1 aliphatic rings. The zero-order chi connectivity index (χ0) is 13.8. The molecule has 0 aliphatic carbocycles. The minimum Gasteiger partial charge on any atom is -0.344 e. The molecule has 1 saturated heterocycles. The second kappa shape index (κ2) is 6.19. The number of amides is 2. The Hall–Kier alpha value is -1.36. The van der Waals surface area contributed by atoms with Gasteiger partial charge >= 0.3 is 0 Å². The van der Waals surface area contributed by atoms with Gasteiger partial charge in [0.05, 0.1) is 0 Å². The second-order valence-corrected chi connectivity index (χ2v) is 5.48. The maximum absolute atomic E-state index is 12.3. The van der Waals surface area contributed by atoms with E-state index >= 15 is 0 Å². The first-order valence-electron chi connectivity index (χ1n) is 6.43. The molecule has 2 amide bonds. The summed E-state index contributed by atoms with van der Waals surface area (Å²) in [5.41, 5.74) is 1.06. The van der Waals surface area contributed by atoms with E-state index in [2.05, 4.69) is 21.2 Å². The molecule has 0 radical (unpaired) electrons. The number of rotatable bonds is 3. The first-order valence-corrected chi connectivity index (χ1v) is 7.22. The van der Waals surface area contributed by atoms with Gasteiger partial charge in [-0.3, -0.25) is 9.59 Å². The normalized spacial score (nSPS) is 20.1. The van der Waals surface area contributed by atoms with E-state index in [0.717, 1.165) is 10.0 Å². The first kappa shape index (κ1) is 14.1. The molecule has 0 spiro atoms. The van der Waals surface area contributed by atoms with Crippen LogP contribution in [0.5, 0.6) is 0 Å². The molecule has 1 N–H and O–H groups in total. The molecule has 19 heavy (non-hydrogen) atoms. The van der Waals surface area contributed by atoms with Gasteiger partial charge < -0.3 is 10.2 Å². The molecule has 1 aromatic carbocycles. The Bertz CT molecular complexity index is 490. The fraction of sp³-hybridized carbons (Fsp3) is 0.429. The average Bonchev–Trinajstić information content (AvgIpc) is 2.54.